The first kappa shape index (κ1) is 21.0. The number of halogens is 1. The molecular formula is C19H26FN5O4. The molecular weight excluding hydrogens is 381 g/mol. The van der Waals surface area contributed by atoms with Gasteiger partial charge in [0.05, 0.1) is 0 Å². The number of nitrogens with zero attached hydrogens (tertiary/aromatic N) is 2. The predicted molar refractivity (Wildman–Crippen MR) is 103 cm³/mol. The molecule has 29 heavy (non-hydrogen) atoms. The predicted octanol–water partition coefficient (Wildman–Crippen LogP) is 0.472. The molecule has 1 aromatic carbocycles. The summed E-state index contributed by atoms with van der Waals surface area (Å²) >= 11 is 0. The van der Waals surface area contributed by atoms with Crippen molar-refractivity contribution >= 4 is 23.5 Å². The molecule has 4 N–H and O–H groups in total. The van der Waals surface area contributed by atoms with Crippen LogP contribution >= 0.6 is 0 Å². The van der Waals surface area contributed by atoms with E-state index in [1.165, 1.54) is 28.0 Å². The van der Waals surface area contributed by atoms with Crippen LogP contribution in [0.5, 0.6) is 0 Å². The molecule has 3 rings (SSSR count). The summed E-state index contributed by atoms with van der Waals surface area (Å²) in [5, 5.41) is 5.25. The molecule has 0 aromatic heterocycles. The number of benzene rings is 1. The van der Waals surface area contributed by atoms with E-state index in [1.807, 2.05) is 0 Å². The number of carbonyl (C=O) groups is 3. The number of nitrogens with two attached hydrogens (primary N) is 1. The van der Waals surface area contributed by atoms with E-state index in [0.29, 0.717) is 26.0 Å². The highest BCUT2D eigenvalue weighted by atomic mass is 19.1. The number of amides is 4. The Morgan fingerprint density at radius 1 is 1.21 bits per heavy atom. The lowest BCUT2D eigenvalue weighted by molar-refractivity contribution is -0.155. The van der Waals surface area contributed by atoms with Gasteiger partial charge < -0.3 is 26.0 Å². The average Bonchev–Trinajstić information content (AvgIpc) is 3.25. The van der Waals surface area contributed by atoms with Crippen molar-refractivity contribution in [3.8, 4) is 0 Å². The summed E-state index contributed by atoms with van der Waals surface area (Å²) in [5.74, 6) is -1.29. The Labute approximate surface area is 168 Å². The second-order valence-corrected chi connectivity index (χ2v) is 6.97. The molecule has 0 bridgehead atoms. The quantitative estimate of drug-likeness (QED) is 0.656. The van der Waals surface area contributed by atoms with Crippen molar-refractivity contribution in [3.63, 3.8) is 0 Å². The molecule has 4 amide bonds. The fourth-order valence-electron chi connectivity index (χ4n) is 3.56. The van der Waals surface area contributed by atoms with Gasteiger partial charge in [-0.25, -0.2) is 9.18 Å². The number of rotatable bonds is 5. The Morgan fingerprint density at radius 3 is 2.69 bits per heavy atom. The van der Waals surface area contributed by atoms with Crippen LogP contribution in [0, 0.1) is 5.82 Å². The molecule has 2 fully saturated rings. The van der Waals surface area contributed by atoms with Gasteiger partial charge in [-0.3, -0.25) is 14.5 Å². The summed E-state index contributed by atoms with van der Waals surface area (Å²) in [6.45, 7) is 1.56. The zero-order valence-corrected chi connectivity index (χ0v) is 16.1. The van der Waals surface area contributed by atoms with Crippen molar-refractivity contribution in [3.05, 3.63) is 30.1 Å². The lowest BCUT2D eigenvalue weighted by atomic mass is 10.1. The molecule has 158 valence electrons. The van der Waals surface area contributed by atoms with Gasteiger partial charge in [0.2, 0.25) is 0 Å². The van der Waals surface area contributed by atoms with Gasteiger partial charge >= 0.3 is 6.03 Å². The number of urea groups is 1. The molecule has 0 aliphatic carbocycles. The highest BCUT2D eigenvalue weighted by Gasteiger charge is 2.42. The van der Waals surface area contributed by atoms with E-state index >= 15 is 0 Å². The Morgan fingerprint density at radius 2 is 2.00 bits per heavy atom. The number of nitrogens with one attached hydrogen (secondary N) is 2. The first-order valence-electron chi connectivity index (χ1n) is 9.74. The number of hydrogen-bond acceptors (Lipinski definition) is 5. The minimum Gasteiger partial charge on any atom is -0.368 e. The molecule has 2 heterocycles. The lowest BCUT2D eigenvalue weighted by Crippen LogP contribution is -2.65. The first-order valence-corrected chi connectivity index (χ1v) is 9.74. The van der Waals surface area contributed by atoms with Gasteiger partial charge in [-0.1, -0.05) is 6.07 Å². The van der Waals surface area contributed by atoms with Crippen LogP contribution in [0.3, 0.4) is 0 Å². The molecule has 0 saturated carbocycles. The summed E-state index contributed by atoms with van der Waals surface area (Å²) in [6, 6.07) is 4.87. The minimum atomic E-state index is -1.12. The summed E-state index contributed by atoms with van der Waals surface area (Å²) in [5.41, 5.74) is 5.73. The number of carbonyl (C=O) groups excluding carboxylic acids is 3. The summed E-state index contributed by atoms with van der Waals surface area (Å²) in [6.07, 6.45) is 0.141. The maximum atomic E-state index is 13.4. The van der Waals surface area contributed by atoms with Crippen LogP contribution in [0.2, 0.25) is 0 Å². The van der Waals surface area contributed by atoms with Crippen molar-refractivity contribution in [2.45, 2.75) is 31.5 Å². The van der Waals surface area contributed by atoms with Crippen molar-refractivity contribution < 1.29 is 23.5 Å². The smallest absolute Gasteiger partial charge is 0.323 e. The van der Waals surface area contributed by atoms with Crippen LogP contribution in [0.1, 0.15) is 19.3 Å². The second-order valence-electron chi connectivity index (χ2n) is 6.97. The third-order valence-corrected chi connectivity index (χ3v) is 4.89. The topological polar surface area (TPSA) is 117 Å². The minimum absolute atomic E-state index is 0.219. The van der Waals surface area contributed by atoms with E-state index in [2.05, 4.69) is 10.6 Å². The van der Waals surface area contributed by atoms with Crippen molar-refractivity contribution in [1.82, 2.24) is 15.1 Å². The summed E-state index contributed by atoms with van der Waals surface area (Å²) in [4.78, 5) is 41.3. The van der Waals surface area contributed by atoms with E-state index in [9.17, 15) is 18.8 Å². The van der Waals surface area contributed by atoms with Crippen LogP contribution in [0.15, 0.2) is 24.3 Å². The van der Waals surface area contributed by atoms with E-state index in [0.717, 1.165) is 6.42 Å². The molecule has 0 spiro atoms. The van der Waals surface area contributed by atoms with E-state index < -0.39 is 30.0 Å². The van der Waals surface area contributed by atoms with E-state index in [-0.39, 0.29) is 31.2 Å². The second kappa shape index (κ2) is 9.66. The summed E-state index contributed by atoms with van der Waals surface area (Å²) in [7, 11) is 0. The maximum Gasteiger partial charge on any atom is 0.323 e. The largest absolute Gasteiger partial charge is 0.368 e. The molecule has 9 nitrogen and oxygen atoms in total. The fraction of sp³-hybridized carbons (Fsp3) is 0.526. The van der Waals surface area contributed by atoms with Crippen molar-refractivity contribution in [2.75, 3.05) is 38.1 Å². The highest BCUT2D eigenvalue weighted by molar-refractivity contribution is 5.96. The van der Waals surface area contributed by atoms with Gasteiger partial charge in [0.1, 0.15) is 11.9 Å². The fourth-order valence-corrected chi connectivity index (χ4v) is 3.56. The molecule has 10 heteroatoms. The standard InChI is InChI=1S/C19H26FN5O4/c20-13-4-1-5-14(12-13)23-19(28)25-10-3-9-24(17(25)16(26)22-8-7-21)18(27)15-6-2-11-29-15/h1,4-5,12,15,17H,2-3,6-11,21H2,(H,22,26)(H,23,28). The summed E-state index contributed by atoms with van der Waals surface area (Å²) < 4.78 is 18.9. The first-order chi connectivity index (χ1) is 14.0. The Hall–Kier alpha value is -2.72. The molecule has 2 atom stereocenters. The third kappa shape index (κ3) is 5.01. The Bertz CT molecular complexity index is 756. The van der Waals surface area contributed by atoms with Crippen molar-refractivity contribution in [2.24, 2.45) is 5.73 Å². The van der Waals surface area contributed by atoms with Gasteiger partial charge in [-0.2, -0.15) is 0 Å². The van der Waals surface area contributed by atoms with Gasteiger partial charge in [-0.05, 0) is 37.5 Å². The third-order valence-electron chi connectivity index (χ3n) is 4.89. The zero-order chi connectivity index (χ0) is 20.8. The van der Waals surface area contributed by atoms with Gasteiger partial charge in [0.15, 0.2) is 6.17 Å². The van der Waals surface area contributed by atoms with E-state index in [1.54, 1.807) is 6.07 Å². The lowest BCUT2D eigenvalue weighted by Gasteiger charge is -2.43. The van der Waals surface area contributed by atoms with Crippen LogP contribution in [0.4, 0.5) is 14.9 Å². The molecule has 0 radical (unpaired) electrons. The molecule has 2 saturated heterocycles. The SMILES string of the molecule is NCCNC(=O)C1N(C(=O)Nc2cccc(F)c2)CCCN1C(=O)C1CCCO1. The van der Waals surface area contributed by atoms with Crippen molar-refractivity contribution in [1.29, 1.82) is 0 Å². The van der Waals surface area contributed by atoms with Gasteiger partial charge in [0, 0.05) is 38.5 Å². The normalized spacial score (nSPS) is 21.7. The molecule has 2 aliphatic heterocycles. The number of anilines is 1. The van der Waals surface area contributed by atoms with Crippen LogP contribution in [-0.2, 0) is 14.3 Å². The number of hydrogen-bond donors (Lipinski definition) is 3. The maximum absolute atomic E-state index is 13.4. The van der Waals surface area contributed by atoms with Gasteiger partial charge in [0.25, 0.3) is 11.8 Å². The molecule has 2 unspecified atom stereocenters. The molecule has 1 aromatic rings. The van der Waals surface area contributed by atoms with Gasteiger partial charge in [-0.15, -0.1) is 0 Å². The van der Waals surface area contributed by atoms with E-state index in [4.69, 9.17) is 10.5 Å². The zero-order valence-electron chi connectivity index (χ0n) is 16.1. The van der Waals surface area contributed by atoms with Crippen LogP contribution < -0.4 is 16.4 Å². The Kier molecular flexibility index (Phi) is 6.99. The monoisotopic (exact) mass is 407 g/mol. The van der Waals surface area contributed by atoms with Crippen LogP contribution in [0.25, 0.3) is 0 Å². The van der Waals surface area contributed by atoms with Crippen LogP contribution in [-0.4, -0.2) is 72.7 Å². The Balaban J connectivity index is 1.81. The molecule has 2 aliphatic rings. The average molecular weight is 407 g/mol. The number of ether oxygens (including phenoxy) is 1. The highest BCUT2D eigenvalue weighted by Crippen LogP contribution is 2.22.